The molecule has 0 amide bonds. The van der Waals surface area contributed by atoms with E-state index in [0.29, 0.717) is 6.10 Å². The van der Waals surface area contributed by atoms with Crippen molar-refractivity contribution in [2.75, 3.05) is 18.1 Å². The molecular formula is C16H22O2S. The van der Waals surface area contributed by atoms with E-state index in [1.807, 2.05) is 11.8 Å². The van der Waals surface area contributed by atoms with Crippen LogP contribution >= 0.6 is 11.8 Å². The highest BCUT2D eigenvalue weighted by atomic mass is 32.2. The van der Waals surface area contributed by atoms with E-state index in [4.69, 9.17) is 9.47 Å². The van der Waals surface area contributed by atoms with Crippen LogP contribution in [0.15, 0.2) is 24.3 Å². The molecule has 0 aromatic heterocycles. The van der Waals surface area contributed by atoms with Gasteiger partial charge in [-0.1, -0.05) is 19.1 Å². The lowest BCUT2D eigenvalue weighted by Crippen LogP contribution is -2.43. The highest BCUT2D eigenvalue weighted by Crippen LogP contribution is 2.39. The molecule has 0 bridgehead atoms. The Balaban J connectivity index is 1.65. The Morgan fingerprint density at radius 1 is 1.47 bits per heavy atom. The van der Waals surface area contributed by atoms with E-state index in [1.165, 1.54) is 17.7 Å². The number of hydrogen-bond acceptors (Lipinski definition) is 3. The Morgan fingerprint density at radius 3 is 3.21 bits per heavy atom. The molecule has 2 saturated heterocycles. The second-order valence-corrected chi connectivity index (χ2v) is 6.67. The monoisotopic (exact) mass is 278 g/mol. The molecule has 2 fully saturated rings. The first-order chi connectivity index (χ1) is 9.30. The zero-order valence-electron chi connectivity index (χ0n) is 11.6. The van der Waals surface area contributed by atoms with Crippen molar-refractivity contribution in [2.45, 2.75) is 44.3 Å². The van der Waals surface area contributed by atoms with Crippen LogP contribution in [0.25, 0.3) is 0 Å². The lowest BCUT2D eigenvalue weighted by molar-refractivity contribution is -0.0959. The standard InChI is InChI=1S/C16H22O2S/c1-2-13-4-3-5-14(10-13)18-15-6-8-17-16(11-15)7-9-19-12-16/h3-5,10,15H,2,6-9,11-12H2,1H3. The van der Waals surface area contributed by atoms with E-state index in [-0.39, 0.29) is 5.60 Å². The van der Waals surface area contributed by atoms with Crippen molar-refractivity contribution in [1.29, 1.82) is 0 Å². The van der Waals surface area contributed by atoms with Crippen molar-refractivity contribution < 1.29 is 9.47 Å². The summed E-state index contributed by atoms with van der Waals surface area (Å²) in [6, 6.07) is 8.50. The quantitative estimate of drug-likeness (QED) is 0.840. The normalized spacial score (nSPS) is 30.7. The average molecular weight is 278 g/mol. The van der Waals surface area contributed by atoms with E-state index < -0.39 is 0 Å². The van der Waals surface area contributed by atoms with Gasteiger partial charge in [0, 0.05) is 18.6 Å². The molecule has 1 spiro atoms. The minimum atomic E-state index is 0.107. The van der Waals surface area contributed by atoms with Gasteiger partial charge in [0.25, 0.3) is 0 Å². The van der Waals surface area contributed by atoms with Gasteiger partial charge in [0.1, 0.15) is 11.9 Å². The minimum absolute atomic E-state index is 0.107. The molecule has 1 aromatic rings. The maximum Gasteiger partial charge on any atom is 0.119 e. The lowest BCUT2D eigenvalue weighted by atomic mass is 9.91. The van der Waals surface area contributed by atoms with E-state index in [2.05, 4.69) is 31.2 Å². The Kier molecular flexibility index (Phi) is 4.04. The van der Waals surface area contributed by atoms with Crippen LogP contribution in [0.5, 0.6) is 5.75 Å². The molecule has 0 radical (unpaired) electrons. The van der Waals surface area contributed by atoms with Gasteiger partial charge in [0.2, 0.25) is 0 Å². The number of aryl methyl sites for hydroxylation is 1. The van der Waals surface area contributed by atoms with Crippen LogP contribution in [-0.2, 0) is 11.2 Å². The zero-order valence-corrected chi connectivity index (χ0v) is 12.4. The predicted molar refractivity (Wildman–Crippen MR) is 80.1 cm³/mol. The van der Waals surface area contributed by atoms with E-state index in [0.717, 1.165) is 37.4 Å². The van der Waals surface area contributed by atoms with Crippen molar-refractivity contribution in [3.63, 3.8) is 0 Å². The highest BCUT2D eigenvalue weighted by molar-refractivity contribution is 7.99. The van der Waals surface area contributed by atoms with E-state index in [1.54, 1.807) is 0 Å². The Labute approximate surface area is 119 Å². The van der Waals surface area contributed by atoms with Gasteiger partial charge < -0.3 is 9.47 Å². The summed E-state index contributed by atoms with van der Waals surface area (Å²) in [5.74, 6) is 3.40. The van der Waals surface area contributed by atoms with Crippen molar-refractivity contribution >= 4 is 11.8 Å². The summed E-state index contributed by atoms with van der Waals surface area (Å²) in [6.45, 7) is 3.02. The summed E-state index contributed by atoms with van der Waals surface area (Å²) >= 11 is 2.01. The third kappa shape index (κ3) is 3.09. The summed E-state index contributed by atoms with van der Waals surface area (Å²) in [5, 5.41) is 0. The SMILES string of the molecule is CCc1cccc(OC2CCOC3(CCSC3)C2)c1. The van der Waals surface area contributed by atoms with Crippen LogP contribution in [-0.4, -0.2) is 29.8 Å². The van der Waals surface area contributed by atoms with E-state index >= 15 is 0 Å². The average Bonchev–Trinajstić information content (AvgIpc) is 2.87. The third-order valence-electron chi connectivity index (χ3n) is 4.12. The summed E-state index contributed by atoms with van der Waals surface area (Å²) in [4.78, 5) is 0. The molecule has 2 aliphatic heterocycles. The molecule has 3 heteroatoms. The van der Waals surface area contributed by atoms with Crippen molar-refractivity contribution in [3.05, 3.63) is 29.8 Å². The first-order valence-electron chi connectivity index (χ1n) is 7.27. The molecule has 3 rings (SSSR count). The molecular weight excluding hydrogens is 256 g/mol. The minimum Gasteiger partial charge on any atom is -0.490 e. The van der Waals surface area contributed by atoms with Crippen LogP contribution in [0, 0.1) is 0 Å². The maximum absolute atomic E-state index is 6.20. The van der Waals surface area contributed by atoms with Crippen LogP contribution in [0.3, 0.4) is 0 Å². The van der Waals surface area contributed by atoms with Crippen LogP contribution in [0.4, 0.5) is 0 Å². The fourth-order valence-corrected chi connectivity index (χ4v) is 4.36. The van der Waals surface area contributed by atoms with Gasteiger partial charge in [-0.3, -0.25) is 0 Å². The molecule has 0 N–H and O–H groups in total. The number of rotatable bonds is 3. The second-order valence-electron chi connectivity index (χ2n) is 5.57. The van der Waals surface area contributed by atoms with Gasteiger partial charge >= 0.3 is 0 Å². The van der Waals surface area contributed by atoms with Gasteiger partial charge in [0.15, 0.2) is 0 Å². The van der Waals surface area contributed by atoms with Crippen molar-refractivity contribution in [3.8, 4) is 5.75 Å². The largest absolute Gasteiger partial charge is 0.490 e. The van der Waals surface area contributed by atoms with Gasteiger partial charge in [-0.05, 0) is 36.3 Å². The molecule has 2 aliphatic rings. The predicted octanol–water partition coefficient (Wildman–Crippen LogP) is 3.68. The second kappa shape index (κ2) is 5.76. The number of ether oxygens (including phenoxy) is 2. The van der Waals surface area contributed by atoms with Crippen LogP contribution < -0.4 is 4.74 Å². The first-order valence-corrected chi connectivity index (χ1v) is 8.42. The Morgan fingerprint density at radius 2 is 2.42 bits per heavy atom. The number of hydrogen-bond donors (Lipinski definition) is 0. The number of benzene rings is 1. The van der Waals surface area contributed by atoms with E-state index in [9.17, 15) is 0 Å². The maximum atomic E-state index is 6.20. The molecule has 104 valence electrons. The Bertz CT molecular complexity index is 427. The zero-order chi connectivity index (χ0) is 13.1. The van der Waals surface area contributed by atoms with Gasteiger partial charge in [-0.15, -0.1) is 0 Å². The highest BCUT2D eigenvalue weighted by Gasteiger charge is 2.41. The molecule has 2 nitrogen and oxygen atoms in total. The summed E-state index contributed by atoms with van der Waals surface area (Å²) in [5.41, 5.74) is 1.45. The topological polar surface area (TPSA) is 18.5 Å². The molecule has 1 aromatic carbocycles. The molecule has 0 aliphatic carbocycles. The molecule has 2 heterocycles. The molecule has 0 saturated carbocycles. The Hall–Kier alpha value is -0.670. The van der Waals surface area contributed by atoms with Gasteiger partial charge in [-0.25, -0.2) is 0 Å². The van der Waals surface area contributed by atoms with Crippen molar-refractivity contribution in [1.82, 2.24) is 0 Å². The fraction of sp³-hybridized carbons (Fsp3) is 0.625. The summed E-state index contributed by atoms with van der Waals surface area (Å²) in [6.07, 6.45) is 4.64. The number of thioether (sulfide) groups is 1. The molecule has 19 heavy (non-hydrogen) atoms. The summed E-state index contributed by atoms with van der Waals surface area (Å²) in [7, 11) is 0. The molecule has 2 atom stereocenters. The first kappa shape index (κ1) is 13.3. The summed E-state index contributed by atoms with van der Waals surface area (Å²) < 4.78 is 12.2. The van der Waals surface area contributed by atoms with Crippen LogP contribution in [0.1, 0.15) is 31.7 Å². The lowest BCUT2D eigenvalue weighted by Gasteiger charge is -2.37. The molecule has 2 unspecified atom stereocenters. The smallest absolute Gasteiger partial charge is 0.119 e. The fourth-order valence-electron chi connectivity index (χ4n) is 2.98. The van der Waals surface area contributed by atoms with Crippen molar-refractivity contribution in [2.24, 2.45) is 0 Å². The third-order valence-corrected chi connectivity index (χ3v) is 5.35. The van der Waals surface area contributed by atoms with Gasteiger partial charge in [0.05, 0.1) is 12.2 Å². The van der Waals surface area contributed by atoms with Gasteiger partial charge in [-0.2, -0.15) is 11.8 Å². The van der Waals surface area contributed by atoms with Crippen LogP contribution in [0.2, 0.25) is 0 Å².